The first-order chi connectivity index (χ1) is 5.79. The van der Waals surface area contributed by atoms with Crippen LogP contribution in [0.3, 0.4) is 0 Å². The highest BCUT2D eigenvalue weighted by Gasteiger charge is 2.23. The highest BCUT2D eigenvalue weighted by molar-refractivity contribution is 6.01. The monoisotopic (exact) mass is 162 g/mol. The van der Waals surface area contributed by atoms with Crippen LogP contribution in [-0.4, -0.2) is 5.78 Å². The van der Waals surface area contributed by atoms with Crippen LogP contribution in [0.1, 0.15) is 39.0 Å². The Morgan fingerprint density at radius 2 is 2.08 bits per heavy atom. The number of hydrogen-bond acceptors (Lipinski definition) is 1. The predicted octanol–water partition coefficient (Wildman–Crippen LogP) is 2.78. The molecule has 0 aromatic carbocycles. The minimum atomic E-state index is 0.371. The Labute approximate surface area is 73.2 Å². The molecule has 0 radical (unpaired) electrons. The van der Waals surface area contributed by atoms with Crippen LogP contribution in [0.5, 0.6) is 0 Å². The fourth-order valence-corrected chi connectivity index (χ4v) is 2.10. The lowest BCUT2D eigenvalue weighted by Gasteiger charge is -2.23. The summed E-state index contributed by atoms with van der Waals surface area (Å²) in [6, 6.07) is 0. The molecule has 2 rings (SSSR count). The molecular weight excluding hydrogens is 148 g/mol. The lowest BCUT2D eigenvalue weighted by molar-refractivity contribution is -0.115. The summed E-state index contributed by atoms with van der Waals surface area (Å²) in [7, 11) is 0. The van der Waals surface area contributed by atoms with Crippen molar-refractivity contribution in [3.05, 3.63) is 22.8 Å². The Balaban J connectivity index is 2.44. The van der Waals surface area contributed by atoms with E-state index in [4.69, 9.17) is 0 Å². The van der Waals surface area contributed by atoms with Crippen molar-refractivity contribution in [1.29, 1.82) is 0 Å². The van der Waals surface area contributed by atoms with Crippen molar-refractivity contribution >= 4 is 5.78 Å². The molecule has 0 spiro atoms. The summed E-state index contributed by atoms with van der Waals surface area (Å²) in [5.74, 6) is 0.371. The number of Topliss-reactive ketones (excluding diaryl/α,β-unsaturated/α-hetero) is 1. The van der Waals surface area contributed by atoms with Gasteiger partial charge in [0.1, 0.15) is 0 Å². The van der Waals surface area contributed by atoms with Crippen molar-refractivity contribution in [3.63, 3.8) is 0 Å². The maximum atomic E-state index is 11.5. The summed E-state index contributed by atoms with van der Waals surface area (Å²) in [6.45, 7) is 2.17. The van der Waals surface area contributed by atoms with Gasteiger partial charge >= 0.3 is 0 Å². The maximum absolute atomic E-state index is 11.5. The normalized spacial score (nSPS) is 23.8. The predicted molar refractivity (Wildman–Crippen MR) is 48.9 cm³/mol. The van der Waals surface area contributed by atoms with Crippen molar-refractivity contribution in [3.8, 4) is 0 Å². The second kappa shape index (κ2) is 2.89. The highest BCUT2D eigenvalue weighted by Crippen LogP contribution is 2.33. The Bertz CT molecular complexity index is 281. The molecule has 64 valence electrons. The Kier molecular flexibility index (Phi) is 1.87. The van der Waals surface area contributed by atoms with Crippen LogP contribution < -0.4 is 0 Å². The van der Waals surface area contributed by atoms with E-state index in [2.05, 4.69) is 13.0 Å². The molecule has 0 unspecified atom stereocenters. The number of fused-ring (bicyclic) bond motifs is 1. The van der Waals surface area contributed by atoms with Gasteiger partial charge in [-0.3, -0.25) is 4.79 Å². The van der Waals surface area contributed by atoms with E-state index in [1.807, 2.05) is 0 Å². The molecule has 1 nitrogen and oxygen atoms in total. The van der Waals surface area contributed by atoms with Crippen molar-refractivity contribution in [1.82, 2.24) is 0 Å². The van der Waals surface area contributed by atoms with Crippen LogP contribution in [0.2, 0.25) is 0 Å². The summed E-state index contributed by atoms with van der Waals surface area (Å²) in [5, 5.41) is 0. The molecule has 0 bridgehead atoms. The van der Waals surface area contributed by atoms with E-state index in [0.717, 1.165) is 31.3 Å². The molecule has 0 aromatic rings. The van der Waals surface area contributed by atoms with Crippen molar-refractivity contribution in [2.75, 3.05) is 0 Å². The second-order valence-electron chi connectivity index (χ2n) is 3.69. The van der Waals surface area contributed by atoms with Crippen molar-refractivity contribution in [2.24, 2.45) is 0 Å². The molecule has 0 heterocycles. The van der Waals surface area contributed by atoms with Crippen LogP contribution in [0.25, 0.3) is 0 Å². The first-order valence-corrected chi connectivity index (χ1v) is 4.71. The smallest absolute Gasteiger partial charge is 0.163 e. The van der Waals surface area contributed by atoms with Crippen molar-refractivity contribution < 1.29 is 4.79 Å². The van der Waals surface area contributed by atoms with E-state index in [-0.39, 0.29) is 0 Å². The van der Waals surface area contributed by atoms with Gasteiger partial charge in [0.25, 0.3) is 0 Å². The van der Waals surface area contributed by atoms with E-state index in [1.165, 1.54) is 17.6 Å². The van der Waals surface area contributed by atoms with Gasteiger partial charge in [-0.15, -0.1) is 0 Å². The molecular formula is C11H14O. The largest absolute Gasteiger partial charge is 0.294 e. The van der Waals surface area contributed by atoms with Crippen LogP contribution >= 0.6 is 0 Å². The SMILES string of the molecule is CC1=C2CCCC=C2C(=O)CC1. The fraction of sp³-hybridized carbons (Fsp3) is 0.545. The molecule has 12 heavy (non-hydrogen) atoms. The number of carbonyl (C=O) groups is 1. The molecule has 0 N–H and O–H groups in total. The topological polar surface area (TPSA) is 17.1 Å². The molecule has 0 saturated heterocycles. The number of allylic oxidation sites excluding steroid dienone is 4. The van der Waals surface area contributed by atoms with E-state index in [1.54, 1.807) is 0 Å². The number of rotatable bonds is 0. The third-order valence-corrected chi connectivity index (χ3v) is 2.85. The van der Waals surface area contributed by atoms with Gasteiger partial charge in [0.05, 0.1) is 0 Å². The summed E-state index contributed by atoms with van der Waals surface area (Å²) >= 11 is 0. The zero-order valence-corrected chi connectivity index (χ0v) is 7.52. The van der Waals surface area contributed by atoms with Gasteiger partial charge in [0.2, 0.25) is 0 Å². The summed E-state index contributed by atoms with van der Waals surface area (Å²) in [4.78, 5) is 11.5. The van der Waals surface area contributed by atoms with E-state index < -0.39 is 0 Å². The molecule has 0 fully saturated rings. The summed E-state index contributed by atoms with van der Waals surface area (Å²) in [5.41, 5.74) is 3.85. The first kappa shape index (κ1) is 7.78. The van der Waals surface area contributed by atoms with Gasteiger partial charge in [0.15, 0.2) is 5.78 Å². The van der Waals surface area contributed by atoms with Gasteiger partial charge in [-0.05, 0) is 38.2 Å². The molecule has 0 saturated carbocycles. The van der Waals surface area contributed by atoms with E-state index in [9.17, 15) is 4.79 Å². The van der Waals surface area contributed by atoms with Crippen molar-refractivity contribution in [2.45, 2.75) is 39.0 Å². The number of ketones is 1. The summed E-state index contributed by atoms with van der Waals surface area (Å²) < 4.78 is 0. The van der Waals surface area contributed by atoms with Crippen LogP contribution in [0.4, 0.5) is 0 Å². The second-order valence-corrected chi connectivity index (χ2v) is 3.69. The maximum Gasteiger partial charge on any atom is 0.163 e. The standard InChI is InChI=1S/C11H14O/c1-8-6-7-11(12)10-5-3-2-4-9(8)10/h5H,2-4,6-7H2,1H3. The average Bonchev–Trinajstić information content (AvgIpc) is 2.12. The van der Waals surface area contributed by atoms with Gasteiger partial charge in [-0.25, -0.2) is 0 Å². The molecule has 0 atom stereocenters. The lowest BCUT2D eigenvalue weighted by Crippen LogP contribution is -2.14. The fourth-order valence-electron chi connectivity index (χ4n) is 2.10. The first-order valence-electron chi connectivity index (χ1n) is 4.71. The number of carbonyl (C=O) groups excluding carboxylic acids is 1. The minimum Gasteiger partial charge on any atom is -0.294 e. The molecule has 1 heteroatoms. The Hall–Kier alpha value is -0.850. The molecule has 0 amide bonds. The van der Waals surface area contributed by atoms with Gasteiger partial charge in [-0.1, -0.05) is 11.6 Å². The third kappa shape index (κ3) is 1.13. The van der Waals surface area contributed by atoms with Gasteiger partial charge < -0.3 is 0 Å². The zero-order chi connectivity index (χ0) is 8.55. The van der Waals surface area contributed by atoms with E-state index in [0.29, 0.717) is 5.78 Å². The van der Waals surface area contributed by atoms with Crippen LogP contribution in [-0.2, 0) is 4.79 Å². The van der Waals surface area contributed by atoms with Gasteiger partial charge in [-0.2, -0.15) is 0 Å². The van der Waals surface area contributed by atoms with Crippen LogP contribution in [0.15, 0.2) is 22.8 Å². The minimum absolute atomic E-state index is 0.371. The molecule has 2 aliphatic rings. The third-order valence-electron chi connectivity index (χ3n) is 2.85. The Morgan fingerprint density at radius 1 is 1.25 bits per heavy atom. The highest BCUT2D eigenvalue weighted by atomic mass is 16.1. The van der Waals surface area contributed by atoms with E-state index >= 15 is 0 Å². The number of hydrogen-bond donors (Lipinski definition) is 0. The zero-order valence-electron chi connectivity index (χ0n) is 7.52. The molecule has 0 aromatic heterocycles. The summed E-state index contributed by atoms with van der Waals surface area (Å²) in [6.07, 6.45) is 7.31. The molecule has 2 aliphatic carbocycles. The van der Waals surface area contributed by atoms with Crippen LogP contribution in [0, 0.1) is 0 Å². The molecule has 0 aliphatic heterocycles. The average molecular weight is 162 g/mol. The Morgan fingerprint density at radius 3 is 2.83 bits per heavy atom. The quantitative estimate of drug-likeness (QED) is 0.535. The van der Waals surface area contributed by atoms with Gasteiger partial charge in [0, 0.05) is 12.0 Å². The lowest BCUT2D eigenvalue weighted by atomic mass is 9.81.